The van der Waals surface area contributed by atoms with Crippen molar-refractivity contribution in [3.63, 3.8) is 0 Å². The molecule has 0 aromatic heterocycles. The van der Waals surface area contributed by atoms with Crippen LogP contribution in [-0.2, 0) is 9.53 Å². The summed E-state index contributed by atoms with van der Waals surface area (Å²) in [6.07, 6.45) is 0. The van der Waals surface area contributed by atoms with Gasteiger partial charge in [-0.2, -0.15) is 0 Å². The molecular formula is C16H12ClNO2. The van der Waals surface area contributed by atoms with E-state index in [1.165, 1.54) is 0 Å². The number of aryl methyl sites for hydroxylation is 1. The van der Waals surface area contributed by atoms with Crippen molar-refractivity contribution in [1.82, 2.24) is 0 Å². The van der Waals surface area contributed by atoms with E-state index in [0.717, 1.165) is 16.7 Å². The van der Waals surface area contributed by atoms with Crippen LogP contribution >= 0.6 is 11.6 Å². The lowest BCUT2D eigenvalue weighted by Gasteiger charge is -2.03. The number of benzene rings is 2. The first-order chi connectivity index (χ1) is 9.63. The van der Waals surface area contributed by atoms with E-state index >= 15 is 0 Å². The van der Waals surface area contributed by atoms with Crippen LogP contribution in [0.15, 0.2) is 53.5 Å². The Morgan fingerprint density at radius 3 is 2.35 bits per heavy atom. The van der Waals surface area contributed by atoms with E-state index in [1.807, 2.05) is 31.2 Å². The Morgan fingerprint density at radius 1 is 1.05 bits per heavy atom. The molecule has 1 heterocycles. The molecule has 2 aromatic rings. The van der Waals surface area contributed by atoms with Gasteiger partial charge in [-0.05, 0) is 36.8 Å². The van der Waals surface area contributed by atoms with Gasteiger partial charge in [-0.1, -0.05) is 41.4 Å². The number of hydrogen-bond acceptors (Lipinski definition) is 3. The molecule has 0 N–H and O–H groups in total. The van der Waals surface area contributed by atoms with Gasteiger partial charge in [0.15, 0.2) is 6.04 Å². The Kier molecular flexibility index (Phi) is 3.28. The maximum Gasteiger partial charge on any atom is 0.342 e. The predicted octanol–water partition coefficient (Wildman–Crippen LogP) is 3.69. The van der Waals surface area contributed by atoms with Crippen molar-refractivity contribution in [2.24, 2.45) is 4.99 Å². The number of esters is 1. The van der Waals surface area contributed by atoms with Gasteiger partial charge in [-0.25, -0.2) is 9.79 Å². The summed E-state index contributed by atoms with van der Waals surface area (Å²) in [5.41, 5.74) is 2.73. The number of nitrogens with zero attached hydrogens (tertiary/aromatic N) is 1. The summed E-state index contributed by atoms with van der Waals surface area (Å²) in [5, 5.41) is 0.633. The quantitative estimate of drug-likeness (QED) is 0.789. The highest BCUT2D eigenvalue weighted by Crippen LogP contribution is 2.27. The summed E-state index contributed by atoms with van der Waals surface area (Å²) in [4.78, 5) is 16.3. The summed E-state index contributed by atoms with van der Waals surface area (Å²) in [6.45, 7) is 2.00. The second-order valence-electron chi connectivity index (χ2n) is 4.68. The molecule has 3 rings (SSSR count). The minimum atomic E-state index is -0.582. The van der Waals surface area contributed by atoms with Crippen molar-refractivity contribution >= 4 is 23.5 Å². The largest absolute Gasteiger partial charge is 0.405 e. The van der Waals surface area contributed by atoms with Gasteiger partial charge in [0, 0.05) is 10.6 Å². The number of ether oxygens (including phenoxy) is 1. The van der Waals surface area contributed by atoms with Crippen molar-refractivity contribution in [2.75, 3.05) is 0 Å². The van der Waals surface area contributed by atoms with Gasteiger partial charge in [0.25, 0.3) is 0 Å². The van der Waals surface area contributed by atoms with Crippen LogP contribution in [0.2, 0.25) is 5.02 Å². The molecule has 1 atom stereocenters. The third kappa shape index (κ3) is 2.45. The van der Waals surface area contributed by atoms with Crippen LogP contribution in [0, 0.1) is 6.92 Å². The number of cyclic esters (lactones) is 1. The van der Waals surface area contributed by atoms with Crippen LogP contribution < -0.4 is 0 Å². The highest BCUT2D eigenvalue weighted by Gasteiger charge is 2.31. The first-order valence-corrected chi connectivity index (χ1v) is 6.63. The molecule has 20 heavy (non-hydrogen) atoms. The summed E-state index contributed by atoms with van der Waals surface area (Å²) < 4.78 is 5.25. The molecule has 0 saturated carbocycles. The molecule has 2 aromatic carbocycles. The molecule has 3 nitrogen and oxygen atoms in total. The van der Waals surface area contributed by atoms with Crippen molar-refractivity contribution in [3.05, 3.63) is 70.2 Å². The number of halogens is 1. The van der Waals surface area contributed by atoms with Gasteiger partial charge >= 0.3 is 5.97 Å². The summed E-state index contributed by atoms with van der Waals surface area (Å²) >= 11 is 5.84. The normalized spacial score (nSPS) is 17.8. The molecule has 1 aliphatic heterocycles. The maximum absolute atomic E-state index is 11.9. The smallest absolute Gasteiger partial charge is 0.342 e. The van der Waals surface area contributed by atoms with Crippen LogP contribution in [0.1, 0.15) is 22.7 Å². The van der Waals surface area contributed by atoms with Crippen molar-refractivity contribution in [1.29, 1.82) is 0 Å². The standard InChI is InChI=1S/C16H12ClNO2/c1-10-2-4-11(5-3-10)14-16(19)20-15(18-14)12-6-8-13(17)9-7-12/h2-9,14H,1H3. The van der Waals surface area contributed by atoms with Gasteiger partial charge < -0.3 is 4.74 Å². The average molecular weight is 286 g/mol. The second-order valence-corrected chi connectivity index (χ2v) is 5.11. The average Bonchev–Trinajstić information content (AvgIpc) is 2.82. The second kappa shape index (κ2) is 5.10. The molecule has 0 radical (unpaired) electrons. The molecule has 0 saturated heterocycles. The topological polar surface area (TPSA) is 38.7 Å². The summed E-state index contributed by atoms with van der Waals surface area (Å²) in [7, 11) is 0. The van der Waals surface area contributed by atoms with E-state index < -0.39 is 6.04 Å². The zero-order valence-electron chi connectivity index (χ0n) is 10.8. The Hall–Kier alpha value is -2.13. The molecule has 0 amide bonds. The lowest BCUT2D eigenvalue weighted by molar-refractivity contribution is -0.135. The Labute approximate surface area is 121 Å². The molecular weight excluding hydrogens is 274 g/mol. The van der Waals surface area contributed by atoms with Crippen LogP contribution in [0.25, 0.3) is 0 Å². The third-order valence-electron chi connectivity index (χ3n) is 3.15. The predicted molar refractivity (Wildman–Crippen MR) is 78.0 cm³/mol. The number of aliphatic imine (C=N–C) groups is 1. The minimum absolute atomic E-state index is 0.345. The highest BCUT2D eigenvalue weighted by molar-refractivity contribution is 6.30. The van der Waals surface area contributed by atoms with Crippen LogP contribution in [0.3, 0.4) is 0 Å². The SMILES string of the molecule is Cc1ccc(C2N=C(c3ccc(Cl)cc3)OC2=O)cc1. The van der Waals surface area contributed by atoms with Crippen molar-refractivity contribution in [3.8, 4) is 0 Å². The number of rotatable bonds is 2. The first-order valence-electron chi connectivity index (χ1n) is 6.25. The van der Waals surface area contributed by atoms with Gasteiger partial charge in [0.1, 0.15) is 0 Å². The molecule has 0 spiro atoms. The van der Waals surface area contributed by atoms with E-state index in [1.54, 1.807) is 24.3 Å². The number of carbonyl (C=O) groups is 1. The fraction of sp³-hybridized carbons (Fsp3) is 0.125. The minimum Gasteiger partial charge on any atom is -0.405 e. The van der Waals surface area contributed by atoms with Crippen molar-refractivity contribution < 1.29 is 9.53 Å². The lowest BCUT2D eigenvalue weighted by atomic mass is 10.1. The molecule has 100 valence electrons. The first kappa shape index (κ1) is 12.9. The van der Waals surface area contributed by atoms with E-state index in [2.05, 4.69) is 4.99 Å². The van der Waals surface area contributed by atoms with E-state index in [0.29, 0.717) is 10.9 Å². The number of hydrogen-bond donors (Lipinski definition) is 0. The fourth-order valence-electron chi connectivity index (χ4n) is 2.03. The maximum atomic E-state index is 11.9. The summed E-state index contributed by atoms with van der Waals surface area (Å²) in [6, 6.07) is 14.2. The van der Waals surface area contributed by atoms with Crippen LogP contribution in [-0.4, -0.2) is 11.9 Å². The zero-order valence-corrected chi connectivity index (χ0v) is 11.6. The zero-order chi connectivity index (χ0) is 14.1. The molecule has 0 fully saturated rings. The Bertz CT molecular complexity index is 675. The van der Waals surface area contributed by atoms with Crippen LogP contribution in [0.4, 0.5) is 0 Å². The third-order valence-corrected chi connectivity index (χ3v) is 3.40. The highest BCUT2D eigenvalue weighted by atomic mass is 35.5. The molecule has 1 unspecified atom stereocenters. The van der Waals surface area contributed by atoms with Gasteiger partial charge in [-0.15, -0.1) is 0 Å². The van der Waals surface area contributed by atoms with E-state index in [-0.39, 0.29) is 5.97 Å². The van der Waals surface area contributed by atoms with E-state index in [4.69, 9.17) is 16.3 Å². The Balaban J connectivity index is 1.92. The van der Waals surface area contributed by atoms with Crippen molar-refractivity contribution in [2.45, 2.75) is 13.0 Å². The van der Waals surface area contributed by atoms with Crippen LogP contribution in [0.5, 0.6) is 0 Å². The Morgan fingerprint density at radius 2 is 1.70 bits per heavy atom. The molecule has 0 aliphatic carbocycles. The monoisotopic (exact) mass is 285 g/mol. The molecule has 4 heteroatoms. The van der Waals surface area contributed by atoms with Gasteiger partial charge in [-0.3, -0.25) is 0 Å². The number of carbonyl (C=O) groups excluding carboxylic acids is 1. The summed E-state index contributed by atoms with van der Waals surface area (Å²) in [5.74, 6) is -0.00366. The fourth-order valence-corrected chi connectivity index (χ4v) is 2.16. The molecule has 0 bridgehead atoms. The lowest BCUT2D eigenvalue weighted by Crippen LogP contribution is -2.08. The van der Waals surface area contributed by atoms with Gasteiger partial charge in [0.2, 0.25) is 5.90 Å². The van der Waals surface area contributed by atoms with E-state index in [9.17, 15) is 4.79 Å². The molecule has 1 aliphatic rings. The van der Waals surface area contributed by atoms with Gasteiger partial charge in [0.05, 0.1) is 0 Å².